The number of rotatable bonds is 9. The zero-order valence-electron chi connectivity index (χ0n) is 16.5. The maximum Gasteiger partial charge on any atom is 0.191 e. The minimum Gasteiger partial charge on any atom is -0.378 e. The molecule has 0 spiro atoms. The standard InChI is InChI=1S/C19H34N4O.HI/c1-7-24-18(15(2)3)11-12-21-19(20-4)22-14-16-9-8-10-17(13-16)23(5)6;/h8-10,13,15,18H,7,11-12,14H2,1-6H3,(H2,20,21,22);1H. The first kappa shape index (κ1) is 24.0. The summed E-state index contributed by atoms with van der Waals surface area (Å²) in [6.07, 6.45) is 1.26. The van der Waals surface area contributed by atoms with Gasteiger partial charge in [-0.25, -0.2) is 0 Å². The highest BCUT2D eigenvalue weighted by atomic mass is 127. The van der Waals surface area contributed by atoms with E-state index in [0.717, 1.165) is 32.1 Å². The summed E-state index contributed by atoms with van der Waals surface area (Å²) in [5.41, 5.74) is 2.44. The van der Waals surface area contributed by atoms with Gasteiger partial charge in [0, 0.05) is 46.5 Å². The molecule has 1 rings (SSSR count). The number of nitrogens with one attached hydrogen (secondary N) is 2. The molecule has 0 radical (unpaired) electrons. The lowest BCUT2D eigenvalue weighted by Gasteiger charge is -2.21. The van der Waals surface area contributed by atoms with E-state index in [2.05, 4.69) is 72.7 Å². The van der Waals surface area contributed by atoms with Crippen LogP contribution in [-0.4, -0.2) is 46.4 Å². The van der Waals surface area contributed by atoms with Crippen LogP contribution in [0.3, 0.4) is 0 Å². The van der Waals surface area contributed by atoms with Crippen molar-refractivity contribution in [2.75, 3.05) is 39.2 Å². The predicted molar refractivity (Wildman–Crippen MR) is 119 cm³/mol. The summed E-state index contributed by atoms with van der Waals surface area (Å²) in [5.74, 6) is 1.35. The van der Waals surface area contributed by atoms with Gasteiger partial charge in [0.1, 0.15) is 0 Å². The first-order valence-electron chi connectivity index (χ1n) is 8.80. The molecule has 1 unspecified atom stereocenters. The second kappa shape index (κ2) is 13.2. The first-order chi connectivity index (χ1) is 11.5. The van der Waals surface area contributed by atoms with Gasteiger partial charge in [-0.15, -0.1) is 24.0 Å². The number of hydrogen-bond acceptors (Lipinski definition) is 3. The van der Waals surface area contributed by atoms with Crippen molar-refractivity contribution in [3.05, 3.63) is 29.8 Å². The lowest BCUT2D eigenvalue weighted by molar-refractivity contribution is 0.0258. The fraction of sp³-hybridized carbons (Fsp3) is 0.632. The van der Waals surface area contributed by atoms with Gasteiger partial charge in [0.2, 0.25) is 0 Å². The average Bonchev–Trinajstić information content (AvgIpc) is 2.57. The van der Waals surface area contributed by atoms with E-state index in [1.807, 2.05) is 6.92 Å². The molecule has 1 aromatic carbocycles. The van der Waals surface area contributed by atoms with E-state index in [0.29, 0.717) is 5.92 Å². The molecule has 0 aromatic heterocycles. The van der Waals surface area contributed by atoms with E-state index in [4.69, 9.17) is 4.74 Å². The van der Waals surface area contributed by atoms with Crippen LogP contribution >= 0.6 is 24.0 Å². The van der Waals surface area contributed by atoms with Crippen LogP contribution in [0, 0.1) is 5.92 Å². The van der Waals surface area contributed by atoms with Gasteiger partial charge in [0.15, 0.2) is 5.96 Å². The van der Waals surface area contributed by atoms with Crippen LogP contribution < -0.4 is 15.5 Å². The summed E-state index contributed by atoms with van der Waals surface area (Å²) in [7, 11) is 5.90. The van der Waals surface area contributed by atoms with Gasteiger partial charge in [-0.05, 0) is 37.0 Å². The maximum absolute atomic E-state index is 5.78. The summed E-state index contributed by atoms with van der Waals surface area (Å²) in [4.78, 5) is 6.40. The van der Waals surface area contributed by atoms with Crippen LogP contribution in [0.4, 0.5) is 5.69 Å². The molecule has 0 aliphatic rings. The Morgan fingerprint density at radius 3 is 2.52 bits per heavy atom. The number of ether oxygens (including phenoxy) is 1. The third kappa shape index (κ3) is 9.30. The van der Waals surface area contributed by atoms with E-state index in [9.17, 15) is 0 Å². The van der Waals surface area contributed by atoms with Gasteiger partial charge in [-0.1, -0.05) is 26.0 Å². The fourth-order valence-corrected chi connectivity index (χ4v) is 2.51. The molecule has 0 bridgehead atoms. The molecule has 0 amide bonds. The molecule has 6 heteroatoms. The molecule has 1 atom stereocenters. The second-order valence-electron chi connectivity index (χ2n) is 6.44. The van der Waals surface area contributed by atoms with E-state index < -0.39 is 0 Å². The van der Waals surface area contributed by atoms with Crippen molar-refractivity contribution in [1.82, 2.24) is 10.6 Å². The van der Waals surface area contributed by atoms with Crippen molar-refractivity contribution >= 4 is 35.6 Å². The number of halogens is 1. The molecule has 0 fully saturated rings. The van der Waals surface area contributed by atoms with Crippen LogP contribution in [0.5, 0.6) is 0 Å². The number of nitrogens with zero attached hydrogens (tertiary/aromatic N) is 2. The van der Waals surface area contributed by atoms with Crippen molar-refractivity contribution in [2.24, 2.45) is 10.9 Å². The highest BCUT2D eigenvalue weighted by molar-refractivity contribution is 14.0. The maximum atomic E-state index is 5.78. The summed E-state index contributed by atoms with van der Waals surface area (Å²) in [6.45, 7) is 8.81. The Labute approximate surface area is 170 Å². The SMILES string of the molecule is CCOC(CCNC(=NC)NCc1cccc(N(C)C)c1)C(C)C.I. The lowest BCUT2D eigenvalue weighted by Crippen LogP contribution is -2.38. The summed E-state index contributed by atoms with van der Waals surface area (Å²) < 4.78 is 5.78. The second-order valence-corrected chi connectivity index (χ2v) is 6.44. The van der Waals surface area contributed by atoms with E-state index in [1.165, 1.54) is 11.3 Å². The van der Waals surface area contributed by atoms with Crippen LogP contribution in [0.1, 0.15) is 32.8 Å². The third-order valence-electron chi connectivity index (χ3n) is 3.96. The molecule has 5 nitrogen and oxygen atoms in total. The zero-order chi connectivity index (χ0) is 17.9. The molecule has 144 valence electrons. The molecule has 0 aliphatic carbocycles. The van der Waals surface area contributed by atoms with E-state index in [1.54, 1.807) is 7.05 Å². The van der Waals surface area contributed by atoms with Crippen molar-refractivity contribution in [3.8, 4) is 0 Å². The Bertz CT molecular complexity index is 506. The third-order valence-corrected chi connectivity index (χ3v) is 3.96. The van der Waals surface area contributed by atoms with Gasteiger partial charge in [-0.3, -0.25) is 4.99 Å². The number of benzene rings is 1. The summed E-state index contributed by atoms with van der Waals surface area (Å²) in [5, 5.41) is 6.74. The number of anilines is 1. The Morgan fingerprint density at radius 1 is 1.24 bits per heavy atom. The largest absolute Gasteiger partial charge is 0.378 e. The molecule has 0 saturated carbocycles. The molecular formula is C19H35IN4O. The van der Waals surface area contributed by atoms with E-state index >= 15 is 0 Å². The first-order valence-corrected chi connectivity index (χ1v) is 8.80. The molecule has 0 saturated heterocycles. The van der Waals surface area contributed by atoms with Gasteiger partial charge >= 0.3 is 0 Å². The minimum atomic E-state index is 0. The van der Waals surface area contributed by atoms with Crippen LogP contribution in [0.15, 0.2) is 29.3 Å². The lowest BCUT2D eigenvalue weighted by atomic mass is 10.0. The van der Waals surface area contributed by atoms with Crippen LogP contribution in [0.25, 0.3) is 0 Å². The molecule has 0 heterocycles. The van der Waals surface area contributed by atoms with Crippen molar-refractivity contribution in [3.63, 3.8) is 0 Å². The van der Waals surface area contributed by atoms with Crippen molar-refractivity contribution in [2.45, 2.75) is 39.8 Å². The monoisotopic (exact) mass is 462 g/mol. The Hall–Kier alpha value is -1.02. The molecule has 1 aromatic rings. The summed E-state index contributed by atoms with van der Waals surface area (Å²) >= 11 is 0. The van der Waals surface area contributed by atoms with Gasteiger partial charge in [0.25, 0.3) is 0 Å². The van der Waals surface area contributed by atoms with Crippen molar-refractivity contribution < 1.29 is 4.74 Å². The highest BCUT2D eigenvalue weighted by Gasteiger charge is 2.12. The molecular weight excluding hydrogens is 427 g/mol. The van der Waals surface area contributed by atoms with Gasteiger partial charge in [-0.2, -0.15) is 0 Å². The van der Waals surface area contributed by atoms with E-state index in [-0.39, 0.29) is 30.1 Å². The average molecular weight is 462 g/mol. The fourth-order valence-electron chi connectivity index (χ4n) is 2.51. The van der Waals surface area contributed by atoms with Gasteiger partial charge in [0.05, 0.1) is 6.10 Å². The number of guanidine groups is 1. The molecule has 2 N–H and O–H groups in total. The quantitative estimate of drug-likeness (QED) is 0.335. The predicted octanol–water partition coefficient (Wildman–Crippen LogP) is 3.49. The van der Waals surface area contributed by atoms with Crippen molar-refractivity contribution in [1.29, 1.82) is 0 Å². The topological polar surface area (TPSA) is 48.9 Å². The van der Waals surface area contributed by atoms with Crippen LogP contribution in [0.2, 0.25) is 0 Å². The number of hydrogen-bond donors (Lipinski definition) is 2. The zero-order valence-corrected chi connectivity index (χ0v) is 18.8. The molecule has 0 aliphatic heterocycles. The Kier molecular flexibility index (Phi) is 12.7. The number of aliphatic imine (C=N–C) groups is 1. The Morgan fingerprint density at radius 2 is 1.96 bits per heavy atom. The normalized spacial score (nSPS) is 12.5. The van der Waals surface area contributed by atoms with Gasteiger partial charge < -0.3 is 20.3 Å². The molecule has 25 heavy (non-hydrogen) atoms. The Balaban J connectivity index is 0.00000576. The smallest absolute Gasteiger partial charge is 0.191 e. The highest BCUT2D eigenvalue weighted by Crippen LogP contribution is 2.13. The summed E-state index contributed by atoms with van der Waals surface area (Å²) in [6, 6.07) is 8.50. The minimum absolute atomic E-state index is 0. The van der Waals surface area contributed by atoms with Crippen LogP contribution in [-0.2, 0) is 11.3 Å².